The lowest BCUT2D eigenvalue weighted by atomic mass is 10.1. The Balaban J connectivity index is 1.71. The number of hydrogen-bond donors (Lipinski definition) is 1. The highest BCUT2D eigenvalue weighted by Crippen LogP contribution is 2.20. The first-order valence-electron chi connectivity index (χ1n) is 8.89. The van der Waals surface area contributed by atoms with Crippen molar-refractivity contribution in [3.8, 4) is 0 Å². The van der Waals surface area contributed by atoms with E-state index in [2.05, 4.69) is 9.97 Å². The van der Waals surface area contributed by atoms with E-state index >= 15 is 0 Å². The number of aromatic amines is 1. The Morgan fingerprint density at radius 3 is 2.46 bits per heavy atom. The maximum atomic E-state index is 12.4. The Morgan fingerprint density at radius 2 is 1.75 bits per heavy atom. The summed E-state index contributed by atoms with van der Waals surface area (Å²) in [4.78, 5) is 45.3. The van der Waals surface area contributed by atoms with E-state index in [-0.39, 0.29) is 24.3 Å². The van der Waals surface area contributed by atoms with E-state index < -0.39 is 12.1 Å². The number of para-hydroxylation sites is 1. The molecule has 0 aliphatic rings. The van der Waals surface area contributed by atoms with Gasteiger partial charge in [-0.2, -0.15) is 0 Å². The third kappa shape index (κ3) is 4.43. The quantitative estimate of drug-likeness (QED) is 0.663. The van der Waals surface area contributed by atoms with Crippen LogP contribution in [0.5, 0.6) is 0 Å². The second-order valence-electron chi connectivity index (χ2n) is 6.54. The highest BCUT2D eigenvalue weighted by molar-refractivity contribution is 5.84. The van der Waals surface area contributed by atoms with Gasteiger partial charge in [0.25, 0.3) is 11.5 Å². The molecule has 28 heavy (non-hydrogen) atoms. The first-order chi connectivity index (χ1) is 13.5. The predicted molar refractivity (Wildman–Crippen MR) is 105 cm³/mol. The molecule has 1 amide bonds. The van der Waals surface area contributed by atoms with Gasteiger partial charge in [-0.25, -0.2) is 4.98 Å². The first-order valence-corrected chi connectivity index (χ1v) is 8.89. The number of H-pyrrole nitrogens is 1. The number of ether oxygens (including phenoxy) is 1. The summed E-state index contributed by atoms with van der Waals surface area (Å²) in [7, 11) is 3.21. The number of fused-ring (bicyclic) bond motifs is 1. The van der Waals surface area contributed by atoms with Crippen LogP contribution in [0.3, 0.4) is 0 Å². The number of nitrogens with one attached hydrogen (secondary N) is 1. The minimum absolute atomic E-state index is 0.00861. The third-order valence-corrected chi connectivity index (χ3v) is 4.24. The number of amides is 1. The summed E-state index contributed by atoms with van der Waals surface area (Å²) in [6, 6.07) is 15.9. The molecule has 0 fully saturated rings. The van der Waals surface area contributed by atoms with Gasteiger partial charge < -0.3 is 14.6 Å². The summed E-state index contributed by atoms with van der Waals surface area (Å²) in [6.07, 6.45) is -0.811. The molecular weight excluding hydrogens is 358 g/mol. The summed E-state index contributed by atoms with van der Waals surface area (Å²) in [5.74, 6) is -0.465. The average molecular weight is 379 g/mol. The zero-order valence-corrected chi connectivity index (χ0v) is 15.7. The Bertz CT molecular complexity index is 1040. The second-order valence-corrected chi connectivity index (χ2v) is 6.54. The van der Waals surface area contributed by atoms with Crippen molar-refractivity contribution in [3.63, 3.8) is 0 Å². The molecule has 3 aromatic rings. The zero-order valence-electron chi connectivity index (χ0n) is 15.7. The van der Waals surface area contributed by atoms with E-state index in [9.17, 15) is 14.4 Å². The van der Waals surface area contributed by atoms with Gasteiger partial charge in [-0.3, -0.25) is 14.4 Å². The van der Waals surface area contributed by atoms with Crippen LogP contribution in [0.2, 0.25) is 0 Å². The summed E-state index contributed by atoms with van der Waals surface area (Å²) in [5, 5.41) is 0.495. The molecule has 7 nitrogen and oxygen atoms in total. The minimum atomic E-state index is -1.01. The molecular formula is C21H21N3O4. The third-order valence-electron chi connectivity index (χ3n) is 4.24. The van der Waals surface area contributed by atoms with E-state index in [1.54, 1.807) is 62.6 Å². The molecule has 0 saturated heterocycles. The molecule has 0 spiro atoms. The molecule has 144 valence electrons. The van der Waals surface area contributed by atoms with Crippen molar-refractivity contribution in [2.45, 2.75) is 18.9 Å². The van der Waals surface area contributed by atoms with Crippen LogP contribution in [0.25, 0.3) is 10.9 Å². The molecule has 0 radical (unpaired) electrons. The average Bonchev–Trinajstić information content (AvgIpc) is 2.70. The smallest absolute Gasteiger partial charge is 0.307 e. The Labute approximate surface area is 162 Å². The largest absolute Gasteiger partial charge is 0.447 e. The summed E-state index contributed by atoms with van der Waals surface area (Å²) in [6.45, 7) is 0. The van der Waals surface area contributed by atoms with Crippen LogP contribution < -0.4 is 5.56 Å². The Hall–Kier alpha value is -3.48. The van der Waals surface area contributed by atoms with Gasteiger partial charge in [-0.15, -0.1) is 0 Å². The lowest BCUT2D eigenvalue weighted by Crippen LogP contribution is -2.31. The van der Waals surface area contributed by atoms with Gasteiger partial charge >= 0.3 is 5.97 Å². The van der Waals surface area contributed by atoms with Crippen LogP contribution in [0, 0.1) is 0 Å². The van der Waals surface area contributed by atoms with Gasteiger partial charge in [-0.1, -0.05) is 42.5 Å². The maximum absolute atomic E-state index is 12.4. The van der Waals surface area contributed by atoms with Crippen LogP contribution >= 0.6 is 0 Å². The van der Waals surface area contributed by atoms with Gasteiger partial charge in [-0.05, 0) is 12.1 Å². The van der Waals surface area contributed by atoms with Crippen molar-refractivity contribution < 1.29 is 14.3 Å². The molecule has 0 bridgehead atoms. The first kappa shape index (κ1) is 19.3. The normalized spacial score (nSPS) is 11.8. The van der Waals surface area contributed by atoms with E-state index in [0.29, 0.717) is 22.3 Å². The number of benzene rings is 2. The second kappa shape index (κ2) is 8.47. The molecule has 0 unspecified atom stereocenters. The topological polar surface area (TPSA) is 92.4 Å². The number of carbonyl (C=O) groups excluding carboxylic acids is 2. The number of likely N-dealkylation sites (N-methyl/N-ethyl adjacent to an activating group) is 1. The van der Waals surface area contributed by atoms with Crippen molar-refractivity contribution in [1.82, 2.24) is 14.9 Å². The summed E-state index contributed by atoms with van der Waals surface area (Å²) < 4.78 is 5.45. The standard InChI is InChI=1S/C21H21N3O4/c1-24(2)21(27)19(14-8-4-3-5-9-14)28-18(25)13-12-17-22-16-11-7-6-10-15(16)20(26)23-17/h3-11,19H,12-13H2,1-2H3,(H,22,23,26)/t19-/m0/s1. The lowest BCUT2D eigenvalue weighted by molar-refractivity contribution is -0.159. The summed E-state index contributed by atoms with van der Waals surface area (Å²) in [5.41, 5.74) is 0.922. The number of aromatic nitrogens is 2. The maximum Gasteiger partial charge on any atom is 0.307 e. The van der Waals surface area contributed by atoms with Crippen molar-refractivity contribution in [2.24, 2.45) is 0 Å². The van der Waals surface area contributed by atoms with Gasteiger partial charge in [0, 0.05) is 26.1 Å². The van der Waals surface area contributed by atoms with Crippen LogP contribution in [-0.2, 0) is 20.7 Å². The highest BCUT2D eigenvalue weighted by Gasteiger charge is 2.26. The SMILES string of the molecule is CN(C)C(=O)[C@@H](OC(=O)CCc1nc2ccccc2c(=O)[nH]1)c1ccccc1. The Morgan fingerprint density at radius 1 is 1.07 bits per heavy atom. The van der Waals surface area contributed by atoms with Crippen LogP contribution in [-0.4, -0.2) is 40.8 Å². The van der Waals surface area contributed by atoms with Crippen LogP contribution in [0.1, 0.15) is 23.9 Å². The number of carbonyl (C=O) groups is 2. The number of hydrogen-bond acceptors (Lipinski definition) is 5. The fourth-order valence-corrected chi connectivity index (χ4v) is 2.79. The number of nitrogens with zero attached hydrogens (tertiary/aromatic N) is 2. The van der Waals surface area contributed by atoms with Gasteiger partial charge in [0.1, 0.15) is 5.82 Å². The molecule has 7 heteroatoms. The van der Waals surface area contributed by atoms with Gasteiger partial charge in [0.2, 0.25) is 6.10 Å². The molecule has 0 aliphatic carbocycles. The molecule has 1 N–H and O–H groups in total. The minimum Gasteiger partial charge on any atom is -0.447 e. The van der Waals surface area contributed by atoms with Gasteiger partial charge in [0.05, 0.1) is 17.3 Å². The van der Waals surface area contributed by atoms with E-state index in [0.717, 1.165) is 0 Å². The van der Waals surface area contributed by atoms with E-state index in [1.807, 2.05) is 6.07 Å². The van der Waals surface area contributed by atoms with E-state index in [1.165, 1.54) is 4.90 Å². The van der Waals surface area contributed by atoms with E-state index in [4.69, 9.17) is 4.74 Å². The predicted octanol–water partition coefficient (Wildman–Crippen LogP) is 2.23. The van der Waals surface area contributed by atoms with Crippen molar-refractivity contribution in [2.75, 3.05) is 14.1 Å². The number of esters is 1. The van der Waals surface area contributed by atoms with Crippen molar-refractivity contribution >= 4 is 22.8 Å². The molecule has 0 aliphatic heterocycles. The Kier molecular flexibility index (Phi) is 5.84. The van der Waals surface area contributed by atoms with Gasteiger partial charge in [0.15, 0.2) is 0 Å². The zero-order chi connectivity index (χ0) is 20.1. The number of aryl methyl sites for hydroxylation is 1. The molecule has 1 aromatic heterocycles. The van der Waals surface area contributed by atoms with Crippen LogP contribution in [0.15, 0.2) is 59.4 Å². The van der Waals surface area contributed by atoms with Crippen molar-refractivity contribution in [3.05, 3.63) is 76.3 Å². The molecule has 3 rings (SSSR count). The molecule has 0 saturated carbocycles. The number of rotatable bonds is 6. The monoisotopic (exact) mass is 379 g/mol. The highest BCUT2D eigenvalue weighted by atomic mass is 16.5. The van der Waals surface area contributed by atoms with Crippen LogP contribution in [0.4, 0.5) is 0 Å². The molecule has 2 aromatic carbocycles. The fourth-order valence-electron chi connectivity index (χ4n) is 2.79. The molecule has 1 heterocycles. The molecule has 1 atom stereocenters. The lowest BCUT2D eigenvalue weighted by Gasteiger charge is -2.21. The van der Waals surface area contributed by atoms with Crippen molar-refractivity contribution in [1.29, 1.82) is 0 Å². The fraction of sp³-hybridized carbons (Fsp3) is 0.238. The summed E-state index contributed by atoms with van der Waals surface area (Å²) >= 11 is 0.